The van der Waals surface area contributed by atoms with Crippen LogP contribution in [0.15, 0.2) is 39.4 Å². The Labute approximate surface area is 149 Å². The Hall–Kier alpha value is -2.17. The first kappa shape index (κ1) is 17.6. The minimum atomic E-state index is 0.147. The maximum absolute atomic E-state index is 12.6. The molecule has 1 saturated heterocycles. The molecule has 0 saturated carbocycles. The van der Waals surface area contributed by atoms with E-state index in [-0.39, 0.29) is 5.91 Å². The molecule has 3 heterocycles. The molecule has 2 aromatic rings. The number of unbranched alkanes of at least 4 members (excludes halogenated alkanes) is 1. The third kappa shape index (κ3) is 4.91. The van der Waals surface area contributed by atoms with Crippen molar-refractivity contribution in [3.63, 3.8) is 0 Å². The van der Waals surface area contributed by atoms with Gasteiger partial charge in [0.2, 0.25) is 5.91 Å². The van der Waals surface area contributed by atoms with Crippen molar-refractivity contribution in [2.24, 2.45) is 0 Å². The minimum Gasteiger partial charge on any atom is -0.467 e. The predicted molar refractivity (Wildman–Crippen MR) is 97.3 cm³/mol. The fourth-order valence-electron chi connectivity index (χ4n) is 3.23. The molecule has 1 aliphatic rings. The minimum absolute atomic E-state index is 0.147. The molecular formula is C20H28N2O3. The van der Waals surface area contributed by atoms with E-state index < -0.39 is 0 Å². The van der Waals surface area contributed by atoms with Crippen LogP contribution < -0.4 is 4.90 Å². The maximum Gasteiger partial charge on any atom is 0.223 e. The van der Waals surface area contributed by atoms with Gasteiger partial charge in [-0.2, -0.15) is 0 Å². The van der Waals surface area contributed by atoms with Gasteiger partial charge in [0, 0.05) is 25.6 Å². The summed E-state index contributed by atoms with van der Waals surface area (Å²) in [6, 6.07) is 7.78. The lowest BCUT2D eigenvalue weighted by Gasteiger charge is -2.26. The number of anilines is 1. The number of rotatable bonds is 8. The van der Waals surface area contributed by atoms with Gasteiger partial charge in [0.15, 0.2) is 5.88 Å². The number of nitrogens with zero attached hydrogens (tertiary/aromatic N) is 2. The van der Waals surface area contributed by atoms with E-state index in [2.05, 4.69) is 11.8 Å². The highest BCUT2D eigenvalue weighted by Gasteiger charge is 2.19. The van der Waals surface area contributed by atoms with E-state index in [0.717, 1.165) is 43.3 Å². The first-order valence-electron chi connectivity index (χ1n) is 9.40. The van der Waals surface area contributed by atoms with Crippen molar-refractivity contribution in [3.8, 4) is 0 Å². The second-order valence-corrected chi connectivity index (χ2v) is 6.72. The molecule has 1 amide bonds. The molecule has 0 unspecified atom stereocenters. The summed E-state index contributed by atoms with van der Waals surface area (Å²) in [6.45, 7) is 5.17. The van der Waals surface area contributed by atoms with Gasteiger partial charge in [-0.3, -0.25) is 4.79 Å². The third-order valence-corrected chi connectivity index (χ3v) is 4.69. The second kappa shape index (κ2) is 8.79. The zero-order valence-corrected chi connectivity index (χ0v) is 15.1. The molecule has 0 spiro atoms. The Morgan fingerprint density at radius 2 is 1.92 bits per heavy atom. The number of carbonyl (C=O) groups is 1. The maximum atomic E-state index is 12.6. The summed E-state index contributed by atoms with van der Waals surface area (Å²) in [5, 5.41) is 0. The van der Waals surface area contributed by atoms with Crippen molar-refractivity contribution in [3.05, 3.63) is 42.0 Å². The first-order valence-corrected chi connectivity index (χ1v) is 9.40. The lowest BCUT2D eigenvalue weighted by molar-refractivity contribution is -0.133. The number of hydrogen-bond donors (Lipinski definition) is 0. The summed E-state index contributed by atoms with van der Waals surface area (Å²) >= 11 is 0. The standard InChI is InChI=1S/C20H28N2O3/c1-2-3-9-19(23)22(15-17-8-7-14-24-17)16-18-10-11-20(25-18)21-12-5-4-6-13-21/h7-8,10-11,14H,2-6,9,12-13,15-16H2,1H3. The number of piperidine rings is 1. The summed E-state index contributed by atoms with van der Waals surface area (Å²) in [5.41, 5.74) is 0. The Balaban J connectivity index is 1.66. The summed E-state index contributed by atoms with van der Waals surface area (Å²) in [5.74, 6) is 2.70. The molecule has 0 aliphatic carbocycles. The van der Waals surface area contributed by atoms with Gasteiger partial charge in [0.25, 0.3) is 0 Å². The summed E-state index contributed by atoms with van der Waals surface area (Å²) in [7, 11) is 0. The third-order valence-electron chi connectivity index (χ3n) is 4.69. The van der Waals surface area contributed by atoms with Crippen LogP contribution in [0.1, 0.15) is 57.0 Å². The Morgan fingerprint density at radius 3 is 2.64 bits per heavy atom. The summed E-state index contributed by atoms with van der Waals surface area (Å²) < 4.78 is 11.5. The predicted octanol–water partition coefficient (Wildman–Crippen LogP) is 4.58. The molecule has 136 valence electrons. The molecule has 1 aliphatic heterocycles. The highest BCUT2D eigenvalue weighted by atomic mass is 16.4. The zero-order chi connectivity index (χ0) is 17.5. The van der Waals surface area contributed by atoms with Gasteiger partial charge in [-0.15, -0.1) is 0 Å². The lowest BCUT2D eigenvalue weighted by Crippen LogP contribution is -2.30. The highest BCUT2D eigenvalue weighted by molar-refractivity contribution is 5.76. The normalized spacial score (nSPS) is 14.7. The Bertz CT molecular complexity index is 642. The van der Waals surface area contributed by atoms with Crippen LogP contribution in [0.2, 0.25) is 0 Å². The van der Waals surface area contributed by atoms with Gasteiger partial charge in [0.1, 0.15) is 11.5 Å². The molecule has 5 heteroatoms. The average Bonchev–Trinajstić information content (AvgIpc) is 3.32. The van der Waals surface area contributed by atoms with E-state index in [4.69, 9.17) is 8.83 Å². The van der Waals surface area contributed by atoms with Crippen LogP contribution in [-0.4, -0.2) is 23.9 Å². The van der Waals surface area contributed by atoms with Crippen LogP contribution >= 0.6 is 0 Å². The van der Waals surface area contributed by atoms with Gasteiger partial charge >= 0.3 is 0 Å². The van der Waals surface area contributed by atoms with Gasteiger partial charge in [-0.25, -0.2) is 0 Å². The van der Waals surface area contributed by atoms with E-state index in [1.54, 1.807) is 6.26 Å². The van der Waals surface area contributed by atoms with E-state index in [0.29, 0.717) is 19.5 Å². The van der Waals surface area contributed by atoms with Crippen LogP contribution in [0.4, 0.5) is 5.88 Å². The van der Waals surface area contributed by atoms with Gasteiger partial charge in [-0.1, -0.05) is 13.3 Å². The van der Waals surface area contributed by atoms with Crippen molar-refractivity contribution in [1.82, 2.24) is 4.90 Å². The molecule has 2 aromatic heterocycles. The first-order chi connectivity index (χ1) is 12.3. The smallest absolute Gasteiger partial charge is 0.223 e. The van der Waals surface area contributed by atoms with Crippen molar-refractivity contribution >= 4 is 11.8 Å². The lowest BCUT2D eigenvalue weighted by atomic mass is 10.1. The van der Waals surface area contributed by atoms with Crippen LogP contribution in [0.3, 0.4) is 0 Å². The topological polar surface area (TPSA) is 49.8 Å². The van der Waals surface area contributed by atoms with Crippen LogP contribution in [0.25, 0.3) is 0 Å². The molecule has 25 heavy (non-hydrogen) atoms. The number of hydrogen-bond acceptors (Lipinski definition) is 4. The quantitative estimate of drug-likeness (QED) is 0.703. The molecule has 3 rings (SSSR count). The largest absolute Gasteiger partial charge is 0.467 e. The van der Waals surface area contributed by atoms with E-state index in [1.807, 2.05) is 29.2 Å². The van der Waals surface area contributed by atoms with Crippen molar-refractivity contribution in [2.75, 3.05) is 18.0 Å². The molecule has 0 atom stereocenters. The average molecular weight is 344 g/mol. The van der Waals surface area contributed by atoms with Crippen molar-refractivity contribution < 1.29 is 13.6 Å². The van der Waals surface area contributed by atoms with Crippen LogP contribution in [0.5, 0.6) is 0 Å². The van der Waals surface area contributed by atoms with Gasteiger partial charge < -0.3 is 18.6 Å². The molecule has 0 N–H and O–H groups in total. The van der Waals surface area contributed by atoms with Gasteiger partial charge in [-0.05, 0) is 43.9 Å². The number of carbonyl (C=O) groups excluding carboxylic acids is 1. The Morgan fingerprint density at radius 1 is 1.12 bits per heavy atom. The van der Waals surface area contributed by atoms with E-state index in [1.165, 1.54) is 19.3 Å². The van der Waals surface area contributed by atoms with Crippen molar-refractivity contribution in [1.29, 1.82) is 0 Å². The molecular weight excluding hydrogens is 316 g/mol. The highest BCUT2D eigenvalue weighted by Crippen LogP contribution is 2.24. The second-order valence-electron chi connectivity index (χ2n) is 6.72. The molecule has 1 fully saturated rings. The van der Waals surface area contributed by atoms with E-state index in [9.17, 15) is 4.79 Å². The monoisotopic (exact) mass is 344 g/mol. The van der Waals surface area contributed by atoms with E-state index >= 15 is 0 Å². The van der Waals surface area contributed by atoms with Crippen molar-refractivity contribution in [2.45, 2.75) is 58.5 Å². The summed E-state index contributed by atoms with van der Waals surface area (Å²) in [4.78, 5) is 16.7. The molecule has 5 nitrogen and oxygen atoms in total. The fourth-order valence-corrected chi connectivity index (χ4v) is 3.23. The zero-order valence-electron chi connectivity index (χ0n) is 15.1. The molecule has 0 bridgehead atoms. The number of furan rings is 2. The van der Waals surface area contributed by atoms with Crippen LogP contribution in [-0.2, 0) is 17.9 Å². The fraction of sp³-hybridized carbons (Fsp3) is 0.550. The number of amides is 1. The molecule has 0 radical (unpaired) electrons. The SMILES string of the molecule is CCCCC(=O)N(Cc1ccco1)Cc1ccc(N2CCCCC2)o1. The van der Waals surface area contributed by atoms with Gasteiger partial charge in [0.05, 0.1) is 19.4 Å². The van der Waals surface area contributed by atoms with Crippen LogP contribution in [0, 0.1) is 0 Å². The Kier molecular flexibility index (Phi) is 6.20. The summed E-state index contributed by atoms with van der Waals surface area (Å²) in [6.07, 6.45) is 7.87. The molecule has 0 aromatic carbocycles.